The Kier molecular flexibility index (Phi) is 5.63. The SMILES string of the molecule is C=C1c2cc(SNC3(C)CC3)sc2N(Cc2cnc(NC)nc2)C(=O)N1Cc1cnn(C)c1. The van der Waals surface area contributed by atoms with E-state index in [1.165, 1.54) is 12.8 Å². The van der Waals surface area contributed by atoms with Crippen LogP contribution in [-0.4, -0.2) is 43.3 Å². The van der Waals surface area contributed by atoms with Gasteiger partial charge in [-0.05, 0) is 37.8 Å². The number of amides is 2. The fourth-order valence-corrected chi connectivity index (χ4v) is 5.72. The van der Waals surface area contributed by atoms with Crippen molar-refractivity contribution in [1.82, 2.24) is 29.4 Å². The van der Waals surface area contributed by atoms with E-state index in [1.54, 1.807) is 63.4 Å². The Hall–Kier alpha value is -2.89. The molecule has 1 saturated carbocycles. The van der Waals surface area contributed by atoms with Gasteiger partial charge >= 0.3 is 6.03 Å². The fraction of sp³-hybridized carbons (Fsp3) is 0.364. The molecule has 2 N–H and O–H groups in total. The average molecular weight is 483 g/mol. The number of hydrogen-bond donors (Lipinski definition) is 2. The molecule has 11 heteroatoms. The van der Waals surface area contributed by atoms with E-state index in [4.69, 9.17) is 0 Å². The highest BCUT2D eigenvalue weighted by atomic mass is 32.2. The highest BCUT2D eigenvalue weighted by Crippen LogP contribution is 2.46. The minimum Gasteiger partial charge on any atom is -0.357 e. The maximum absolute atomic E-state index is 13.7. The van der Waals surface area contributed by atoms with Gasteiger partial charge < -0.3 is 5.32 Å². The summed E-state index contributed by atoms with van der Waals surface area (Å²) in [5.41, 5.74) is 3.69. The number of rotatable bonds is 8. The smallest absolute Gasteiger partial charge is 0.330 e. The van der Waals surface area contributed by atoms with E-state index in [0.29, 0.717) is 24.7 Å². The lowest BCUT2D eigenvalue weighted by atomic mass is 10.1. The largest absolute Gasteiger partial charge is 0.357 e. The number of aryl methyl sites for hydroxylation is 1. The van der Waals surface area contributed by atoms with Gasteiger partial charge in [0.2, 0.25) is 5.95 Å². The van der Waals surface area contributed by atoms with Crippen molar-refractivity contribution in [3.05, 3.63) is 54.1 Å². The molecule has 1 aliphatic carbocycles. The van der Waals surface area contributed by atoms with Crippen LogP contribution in [0.4, 0.5) is 15.7 Å². The Balaban J connectivity index is 1.46. The van der Waals surface area contributed by atoms with Crippen molar-refractivity contribution in [2.24, 2.45) is 7.05 Å². The van der Waals surface area contributed by atoms with Gasteiger partial charge in [-0.1, -0.05) is 6.58 Å². The molecule has 0 spiro atoms. The van der Waals surface area contributed by atoms with E-state index >= 15 is 0 Å². The molecule has 0 aromatic carbocycles. The van der Waals surface area contributed by atoms with Crippen molar-refractivity contribution >= 4 is 46.0 Å². The first-order chi connectivity index (χ1) is 15.8. The van der Waals surface area contributed by atoms with E-state index in [-0.39, 0.29) is 11.6 Å². The van der Waals surface area contributed by atoms with Gasteiger partial charge in [0.05, 0.1) is 23.5 Å². The average Bonchev–Trinajstić information content (AvgIpc) is 3.19. The first-order valence-corrected chi connectivity index (χ1v) is 12.3. The monoisotopic (exact) mass is 482 g/mol. The third-order valence-electron chi connectivity index (χ3n) is 5.80. The highest BCUT2D eigenvalue weighted by Gasteiger charge is 2.38. The molecule has 2 aliphatic rings. The van der Waals surface area contributed by atoms with Crippen LogP contribution in [0.15, 0.2) is 41.6 Å². The van der Waals surface area contributed by atoms with E-state index in [0.717, 1.165) is 25.9 Å². The number of urea groups is 1. The second-order valence-electron chi connectivity index (χ2n) is 8.64. The van der Waals surface area contributed by atoms with Gasteiger partial charge in [-0.2, -0.15) is 5.10 Å². The van der Waals surface area contributed by atoms with E-state index in [1.807, 2.05) is 13.2 Å². The van der Waals surface area contributed by atoms with E-state index < -0.39 is 0 Å². The lowest BCUT2D eigenvalue weighted by Gasteiger charge is -2.36. The van der Waals surface area contributed by atoms with Crippen molar-refractivity contribution < 1.29 is 4.79 Å². The zero-order valence-electron chi connectivity index (χ0n) is 18.8. The summed E-state index contributed by atoms with van der Waals surface area (Å²) in [6, 6.07) is 2.01. The summed E-state index contributed by atoms with van der Waals surface area (Å²) in [6.07, 6.45) is 9.56. The summed E-state index contributed by atoms with van der Waals surface area (Å²) in [5.74, 6) is 0.547. The maximum atomic E-state index is 13.7. The van der Waals surface area contributed by atoms with Crippen molar-refractivity contribution in [2.75, 3.05) is 17.3 Å². The lowest BCUT2D eigenvalue weighted by Crippen LogP contribution is -2.44. The number of nitrogens with one attached hydrogen (secondary N) is 2. The Morgan fingerprint density at radius 2 is 1.91 bits per heavy atom. The van der Waals surface area contributed by atoms with Gasteiger partial charge in [-0.25, -0.2) is 14.8 Å². The second-order valence-corrected chi connectivity index (χ2v) is 10.8. The highest BCUT2D eigenvalue weighted by molar-refractivity contribution is 7.99. The second kappa shape index (κ2) is 8.47. The van der Waals surface area contributed by atoms with Gasteiger partial charge in [-0.15, -0.1) is 11.3 Å². The minimum absolute atomic E-state index is 0.116. The summed E-state index contributed by atoms with van der Waals surface area (Å²) in [6.45, 7) is 7.30. The Morgan fingerprint density at radius 3 is 2.55 bits per heavy atom. The predicted molar refractivity (Wildman–Crippen MR) is 132 cm³/mol. The van der Waals surface area contributed by atoms with Crippen LogP contribution < -0.4 is 14.9 Å². The number of carbonyl (C=O) groups excluding carboxylic acids is 1. The minimum atomic E-state index is -0.116. The zero-order chi connectivity index (χ0) is 23.2. The molecule has 5 rings (SSSR count). The van der Waals surface area contributed by atoms with Crippen LogP contribution in [0, 0.1) is 0 Å². The van der Waals surface area contributed by atoms with Crippen molar-refractivity contribution in [2.45, 2.75) is 42.6 Å². The number of carbonyl (C=O) groups is 1. The van der Waals surface area contributed by atoms with Crippen LogP contribution in [0.1, 0.15) is 36.5 Å². The third kappa shape index (κ3) is 4.48. The third-order valence-corrected chi connectivity index (χ3v) is 8.17. The molecular formula is C22H26N8OS2. The molecule has 2 amide bonds. The molecule has 1 aliphatic heterocycles. The summed E-state index contributed by atoms with van der Waals surface area (Å²) < 4.78 is 6.40. The molecule has 33 heavy (non-hydrogen) atoms. The molecule has 0 bridgehead atoms. The topological polar surface area (TPSA) is 91.2 Å². The lowest BCUT2D eigenvalue weighted by molar-refractivity contribution is 0.221. The van der Waals surface area contributed by atoms with Gasteiger partial charge in [0.1, 0.15) is 5.00 Å². The Bertz CT molecular complexity index is 1200. The van der Waals surface area contributed by atoms with Gasteiger partial charge in [0.25, 0.3) is 0 Å². The summed E-state index contributed by atoms with van der Waals surface area (Å²) in [7, 11) is 3.64. The van der Waals surface area contributed by atoms with Crippen molar-refractivity contribution in [1.29, 1.82) is 0 Å². The summed E-state index contributed by atoms with van der Waals surface area (Å²) in [4.78, 5) is 25.8. The first kappa shape index (κ1) is 21.9. The summed E-state index contributed by atoms with van der Waals surface area (Å²) >= 11 is 3.24. The number of aromatic nitrogens is 4. The van der Waals surface area contributed by atoms with Crippen molar-refractivity contribution in [3.63, 3.8) is 0 Å². The molecular weight excluding hydrogens is 456 g/mol. The van der Waals surface area contributed by atoms with Crippen LogP contribution in [-0.2, 0) is 20.1 Å². The molecule has 3 aromatic heterocycles. The van der Waals surface area contributed by atoms with Crippen LogP contribution >= 0.6 is 23.3 Å². The Labute approximate surface area is 201 Å². The molecule has 0 radical (unpaired) electrons. The zero-order valence-corrected chi connectivity index (χ0v) is 20.5. The van der Waals surface area contributed by atoms with Crippen LogP contribution in [0.3, 0.4) is 0 Å². The molecule has 172 valence electrons. The number of nitrogens with zero attached hydrogens (tertiary/aromatic N) is 6. The summed E-state index contributed by atoms with van der Waals surface area (Å²) in [5, 5.41) is 8.06. The van der Waals surface area contributed by atoms with Crippen molar-refractivity contribution in [3.8, 4) is 0 Å². The standard InChI is InChI=1S/C22H26N8OS2/c1-14-17-7-18(33-27-22(2)5-6-22)32-19(17)30(12-15-8-24-20(23-3)25-9-15)21(31)29(14)13-16-10-26-28(4)11-16/h7-11,27H,1,5-6,12-13H2,2-4H3,(H,23,24,25). The van der Waals surface area contributed by atoms with Gasteiger partial charge in [0, 0.05) is 60.6 Å². The molecule has 0 unspecified atom stereocenters. The van der Waals surface area contributed by atoms with E-state index in [2.05, 4.69) is 44.7 Å². The van der Waals surface area contributed by atoms with Crippen LogP contribution in [0.5, 0.6) is 0 Å². The molecule has 9 nitrogen and oxygen atoms in total. The molecule has 1 fully saturated rings. The quantitative estimate of drug-likeness (QED) is 0.468. The number of fused-ring (bicyclic) bond motifs is 1. The van der Waals surface area contributed by atoms with Gasteiger partial charge in [-0.3, -0.25) is 19.2 Å². The van der Waals surface area contributed by atoms with Crippen LogP contribution in [0.2, 0.25) is 0 Å². The molecule has 4 heterocycles. The normalized spacial score (nSPS) is 16.8. The predicted octanol–water partition coefficient (Wildman–Crippen LogP) is 4.08. The number of hydrogen-bond acceptors (Lipinski definition) is 8. The number of thiophene rings is 1. The fourth-order valence-electron chi connectivity index (χ4n) is 3.56. The molecule has 0 saturated heterocycles. The maximum Gasteiger partial charge on any atom is 0.330 e. The molecule has 3 aromatic rings. The first-order valence-electron chi connectivity index (χ1n) is 10.7. The molecule has 0 atom stereocenters. The van der Waals surface area contributed by atoms with Gasteiger partial charge in [0.15, 0.2) is 0 Å². The Morgan fingerprint density at radius 1 is 1.18 bits per heavy atom. The van der Waals surface area contributed by atoms with E-state index in [9.17, 15) is 4.79 Å². The van der Waals surface area contributed by atoms with Crippen LogP contribution in [0.25, 0.3) is 5.70 Å². The number of anilines is 2.